The molecule has 1 aliphatic rings. The Labute approximate surface area is 90.2 Å². The molecule has 1 heterocycles. The first kappa shape index (κ1) is 12.3. The lowest BCUT2D eigenvalue weighted by Crippen LogP contribution is -2.39. The number of halogens is 1. The Morgan fingerprint density at radius 1 is 1.43 bits per heavy atom. The molecule has 84 valence electrons. The molecule has 1 fully saturated rings. The fraction of sp³-hybridized carbons (Fsp3) is 1.00. The van der Waals surface area contributed by atoms with Crippen LogP contribution in [0, 0.1) is 5.41 Å². The summed E-state index contributed by atoms with van der Waals surface area (Å²) >= 11 is 0. The summed E-state index contributed by atoms with van der Waals surface area (Å²) in [5.41, 5.74) is -0.388. The van der Waals surface area contributed by atoms with Gasteiger partial charge in [0.1, 0.15) is 0 Å². The second-order valence-electron chi connectivity index (χ2n) is 4.53. The topological polar surface area (TPSA) is 43.4 Å². The third kappa shape index (κ3) is 3.75. The van der Waals surface area contributed by atoms with E-state index in [1.54, 1.807) is 0 Å². The van der Waals surface area contributed by atoms with Crippen LogP contribution >= 0.6 is 10.7 Å². The smallest absolute Gasteiger partial charge is 0.233 e. The first-order chi connectivity index (χ1) is 6.31. The van der Waals surface area contributed by atoms with Crippen molar-refractivity contribution in [3.8, 4) is 0 Å². The molecule has 0 aromatic rings. The summed E-state index contributed by atoms with van der Waals surface area (Å²) < 4.78 is 27.6. The molecule has 1 saturated heterocycles. The highest BCUT2D eigenvalue weighted by molar-refractivity contribution is 8.13. The largest absolute Gasteiger partial charge is 0.378 e. The van der Waals surface area contributed by atoms with Crippen molar-refractivity contribution in [1.29, 1.82) is 0 Å². The van der Waals surface area contributed by atoms with Gasteiger partial charge in [-0.15, -0.1) is 0 Å². The zero-order valence-electron chi connectivity index (χ0n) is 8.62. The molecule has 0 spiro atoms. The fourth-order valence-corrected chi connectivity index (χ4v) is 3.81. The summed E-state index contributed by atoms with van der Waals surface area (Å²) in [4.78, 5) is 0. The van der Waals surface area contributed by atoms with E-state index in [1.807, 2.05) is 13.8 Å². The van der Waals surface area contributed by atoms with Crippen LogP contribution < -0.4 is 0 Å². The predicted molar refractivity (Wildman–Crippen MR) is 57.0 cm³/mol. The Morgan fingerprint density at radius 3 is 2.50 bits per heavy atom. The van der Waals surface area contributed by atoms with E-state index in [9.17, 15) is 8.42 Å². The molecule has 1 aliphatic heterocycles. The van der Waals surface area contributed by atoms with E-state index in [1.165, 1.54) is 0 Å². The molecule has 0 amide bonds. The molecular weight excluding hydrogens is 224 g/mol. The summed E-state index contributed by atoms with van der Waals surface area (Å²) in [6.07, 6.45) is 3.13. The van der Waals surface area contributed by atoms with Gasteiger partial charge in [0.25, 0.3) is 0 Å². The van der Waals surface area contributed by atoms with Crippen LogP contribution in [0.1, 0.15) is 33.1 Å². The summed E-state index contributed by atoms with van der Waals surface area (Å²) in [7, 11) is 1.81. The Hall–Kier alpha value is 0.200. The maximum atomic E-state index is 11.0. The van der Waals surface area contributed by atoms with E-state index in [2.05, 4.69) is 0 Å². The molecule has 1 atom stereocenters. The van der Waals surface area contributed by atoms with Crippen molar-refractivity contribution in [2.75, 3.05) is 12.4 Å². The van der Waals surface area contributed by atoms with Crippen molar-refractivity contribution < 1.29 is 13.2 Å². The molecule has 5 heteroatoms. The maximum Gasteiger partial charge on any atom is 0.233 e. The van der Waals surface area contributed by atoms with Crippen LogP contribution in [0.3, 0.4) is 0 Å². The number of hydrogen-bond donors (Lipinski definition) is 0. The summed E-state index contributed by atoms with van der Waals surface area (Å²) in [6.45, 7) is 4.52. The zero-order valence-corrected chi connectivity index (χ0v) is 10.2. The van der Waals surface area contributed by atoms with Crippen molar-refractivity contribution >= 4 is 19.7 Å². The third-order valence-corrected chi connectivity index (χ3v) is 4.01. The lowest BCUT2D eigenvalue weighted by molar-refractivity contribution is -0.0459. The Kier molecular flexibility index (Phi) is 3.83. The second-order valence-corrected chi connectivity index (χ2v) is 7.30. The Morgan fingerprint density at radius 2 is 2.07 bits per heavy atom. The van der Waals surface area contributed by atoms with Gasteiger partial charge in [0, 0.05) is 22.7 Å². The lowest BCUT2D eigenvalue weighted by Gasteiger charge is -2.35. The van der Waals surface area contributed by atoms with E-state index >= 15 is 0 Å². The lowest BCUT2D eigenvalue weighted by atomic mass is 9.84. The quantitative estimate of drug-likeness (QED) is 0.710. The van der Waals surface area contributed by atoms with E-state index in [4.69, 9.17) is 15.4 Å². The average molecular weight is 241 g/mol. The molecule has 3 nitrogen and oxygen atoms in total. The summed E-state index contributed by atoms with van der Waals surface area (Å²) in [6, 6.07) is 0. The minimum Gasteiger partial charge on any atom is -0.378 e. The van der Waals surface area contributed by atoms with Crippen LogP contribution in [0.5, 0.6) is 0 Å². The van der Waals surface area contributed by atoms with Crippen LogP contribution in [-0.2, 0) is 13.8 Å². The minimum absolute atomic E-state index is 0.0183. The third-order valence-electron chi connectivity index (χ3n) is 2.60. The fourth-order valence-electron chi connectivity index (χ4n) is 1.89. The Balaban J connectivity index is 2.63. The number of ether oxygens (including phenoxy) is 1. The van der Waals surface area contributed by atoms with Gasteiger partial charge in [0.15, 0.2) is 0 Å². The van der Waals surface area contributed by atoms with Crippen molar-refractivity contribution in [1.82, 2.24) is 0 Å². The van der Waals surface area contributed by atoms with Gasteiger partial charge < -0.3 is 4.74 Å². The predicted octanol–water partition coefficient (Wildman–Crippen LogP) is 2.15. The molecule has 0 radical (unpaired) electrons. The van der Waals surface area contributed by atoms with Crippen molar-refractivity contribution in [2.24, 2.45) is 5.41 Å². The highest BCUT2D eigenvalue weighted by Gasteiger charge is 2.35. The minimum atomic E-state index is -3.44. The molecular formula is C9H17ClO3S. The summed E-state index contributed by atoms with van der Waals surface area (Å²) in [5.74, 6) is -0.0216. The molecule has 0 aromatic heterocycles. The van der Waals surface area contributed by atoms with Gasteiger partial charge in [0.05, 0.1) is 11.9 Å². The first-order valence-electron chi connectivity index (χ1n) is 4.85. The van der Waals surface area contributed by atoms with Gasteiger partial charge in [-0.3, -0.25) is 0 Å². The van der Waals surface area contributed by atoms with E-state index in [0.717, 1.165) is 25.9 Å². The van der Waals surface area contributed by atoms with Gasteiger partial charge in [-0.25, -0.2) is 8.42 Å². The van der Waals surface area contributed by atoms with Crippen LogP contribution in [-0.4, -0.2) is 26.9 Å². The van der Waals surface area contributed by atoms with Gasteiger partial charge in [0.2, 0.25) is 9.05 Å². The van der Waals surface area contributed by atoms with Gasteiger partial charge in [-0.2, -0.15) is 0 Å². The average Bonchev–Trinajstić information content (AvgIpc) is 2.01. The van der Waals surface area contributed by atoms with Crippen LogP contribution in [0.4, 0.5) is 0 Å². The molecule has 0 saturated carbocycles. The van der Waals surface area contributed by atoms with E-state index in [-0.39, 0.29) is 17.3 Å². The Bertz CT molecular complexity index is 278. The number of hydrogen-bond acceptors (Lipinski definition) is 3. The molecule has 0 aromatic carbocycles. The van der Waals surface area contributed by atoms with Crippen molar-refractivity contribution in [3.63, 3.8) is 0 Å². The first-order valence-corrected chi connectivity index (χ1v) is 7.33. The normalized spacial score (nSPS) is 24.9. The van der Waals surface area contributed by atoms with E-state index in [0.29, 0.717) is 0 Å². The summed E-state index contributed by atoms with van der Waals surface area (Å²) in [5, 5.41) is 0. The molecule has 0 aliphatic carbocycles. The van der Waals surface area contributed by atoms with Gasteiger partial charge in [-0.05, 0) is 19.3 Å². The van der Waals surface area contributed by atoms with Gasteiger partial charge >= 0.3 is 0 Å². The molecule has 0 bridgehead atoms. The molecule has 1 unspecified atom stereocenters. The SMILES string of the molecule is CC(C)(CS(=O)(=O)Cl)C1CCCCO1. The highest BCUT2D eigenvalue weighted by atomic mass is 35.7. The second kappa shape index (κ2) is 4.37. The molecule has 1 rings (SSSR count). The van der Waals surface area contributed by atoms with Gasteiger partial charge in [-0.1, -0.05) is 13.8 Å². The van der Waals surface area contributed by atoms with Crippen molar-refractivity contribution in [2.45, 2.75) is 39.2 Å². The maximum absolute atomic E-state index is 11.0. The molecule has 0 N–H and O–H groups in total. The standard InChI is InChI=1S/C9H17ClO3S/c1-9(2,7-14(10,11)12)8-5-3-4-6-13-8/h8H,3-7H2,1-2H3. The zero-order chi connectivity index (χ0) is 10.8. The molecule has 14 heavy (non-hydrogen) atoms. The highest BCUT2D eigenvalue weighted by Crippen LogP contribution is 2.32. The monoisotopic (exact) mass is 240 g/mol. The van der Waals surface area contributed by atoms with E-state index < -0.39 is 9.05 Å². The van der Waals surface area contributed by atoms with Crippen LogP contribution in [0.2, 0.25) is 0 Å². The van der Waals surface area contributed by atoms with Crippen LogP contribution in [0.25, 0.3) is 0 Å². The van der Waals surface area contributed by atoms with Crippen LogP contribution in [0.15, 0.2) is 0 Å². The van der Waals surface area contributed by atoms with Crippen molar-refractivity contribution in [3.05, 3.63) is 0 Å². The number of rotatable bonds is 3.